The molecule has 1 atom stereocenters. The molecule has 0 saturated heterocycles. The highest BCUT2D eigenvalue weighted by atomic mass is 16.5. The minimum Gasteiger partial charge on any atom is -0.496 e. The standard InChI is InChI=1S/C17H18N2O2/c1-17(8-9-18)15-5-4-10-19(15)11-12-13(20-2)6-7-14(21-3)16(12)17/h4-7,10H,8,11H2,1-3H3. The lowest BCUT2D eigenvalue weighted by Crippen LogP contribution is -2.33. The van der Waals surface area contributed by atoms with E-state index in [4.69, 9.17) is 9.47 Å². The van der Waals surface area contributed by atoms with Crippen molar-refractivity contribution in [1.82, 2.24) is 4.57 Å². The fourth-order valence-corrected chi connectivity index (χ4v) is 3.42. The molecule has 0 bridgehead atoms. The molecule has 0 N–H and O–H groups in total. The predicted octanol–water partition coefficient (Wildman–Crippen LogP) is 3.09. The quantitative estimate of drug-likeness (QED) is 0.869. The molecule has 108 valence electrons. The Balaban J connectivity index is 2.34. The molecule has 1 aliphatic rings. The van der Waals surface area contributed by atoms with Gasteiger partial charge < -0.3 is 14.0 Å². The van der Waals surface area contributed by atoms with Crippen LogP contribution >= 0.6 is 0 Å². The summed E-state index contributed by atoms with van der Waals surface area (Å²) >= 11 is 0. The van der Waals surface area contributed by atoms with Gasteiger partial charge in [-0.05, 0) is 31.2 Å². The van der Waals surface area contributed by atoms with Gasteiger partial charge in [0.2, 0.25) is 0 Å². The lowest BCUT2D eigenvalue weighted by molar-refractivity contribution is 0.371. The van der Waals surface area contributed by atoms with Gasteiger partial charge in [0.1, 0.15) is 11.5 Å². The summed E-state index contributed by atoms with van der Waals surface area (Å²) in [5, 5.41) is 9.33. The van der Waals surface area contributed by atoms with Crippen LogP contribution in [-0.2, 0) is 12.0 Å². The molecule has 2 heterocycles. The highest BCUT2D eigenvalue weighted by Gasteiger charge is 2.40. The van der Waals surface area contributed by atoms with Gasteiger partial charge in [-0.1, -0.05) is 0 Å². The van der Waals surface area contributed by atoms with E-state index in [1.807, 2.05) is 24.4 Å². The average molecular weight is 282 g/mol. The van der Waals surface area contributed by atoms with Gasteiger partial charge in [0.15, 0.2) is 0 Å². The molecule has 0 spiro atoms. The summed E-state index contributed by atoms with van der Waals surface area (Å²) in [6, 6.07) is 10.3. The molecule has 0 aliphatic carbocycles. The number of ether oxygens (including phenoxy) is 2. The molecule has 0 fully saturated rings. The summed E-state index contributed by atoms with van der Waals surface area (Å²) in [5.74, 6) is 1.66. The van der Waals surface area contributed by atoms with Gasteiger partial charge in [0, 0.05) is 28.4 Å². The van der Waals surface area contributed by atoms with Crippen LogP contribution in [0.4, 0.5) is 0 Å². The maximum atomic E-state index is 9.33. The minimum absolute atomic E-state index is 0.396. The Morgan fingerprint density at radius 3 is 2.62 bits per heavy atom. The number of fused-ring (bicyclic) bond motifs is 2. The van der Waals surface area contributed by atoms with Crippen LogP contribution in [0.1, 0.15) is 30.2 Å². The van der Waals surface area contributed by atoms with Gasteiger partial charge in [0.25, 0.3) is 0 Å². The number of nitriles is 1. The van der Waals surface area contributed by atoms with Crippen molar-refractivity contribution < 1.29 is 9.47 Å². The molecule has 2 aromatic rings. The van der Waals surface area contributed by atoms with Gasteiger partial charge in [-0.2, -0.15) is 5.26 Å². The van der Waals surface area contributed by atoms with Crippen LogP contribution in [0.5, 0.6) is 11.5 Å². The summed E-state index contributed by atoms with van der Waals surface area (Å²) in [5.41, 5.74) is 2.91. The first-order valence-electron chi connectivity index (χ1n) is 6.92. The first kappa shape index (κ1) is 13.6. The van der Waals surface area contributed by atoms with Crippen molar-refractivity contribution in [3.63, 3.8) is 0 Å². The largest absolute Gasteiger partial charge is 0.496 e. The van der Waals surface area contributed by atoms with E-state index in [9.17, 15) is 5.26 Å². The number of benzene rings is 1. The zero-order chi connectivity index (χ0) is 15.0. The second-order valence-corrected chi connectivity index (χ2v) is 5.51. The van der Waals surface area contributed by atoms with E-state index in [2.05, 4.69) is 23.6 Å². The molecular weight excluding hydrogens is 264 g/mol. The van der Waals surface area contributed by atoms with Crippen LogP contribution in [0.25, 0.3) is 0 Å². The van der Waals surface area contributed by atoms with Crippen molar-refractivity contribution >= 4 is 0 Å². The third-order valence-corrected chi connectivity index (χ3v) is 4.38. The SMILES string of the molecule is COc1ccc(OC)c2c1Cn1cccc1C2(C)CC#N. The lowest BCUT2D eigenvalue weighted by atomic mass is 9.72. The molecule has 3 rings (SSSR count). The Morgan fingerprint density at radius 1 is 1.24 bits per heavy atom. The van der Waals surface area contributed by atoms with Crippen molar-refractivity contribution in [3.05, 3.63) is 47.3 Å². The van der Waals surface area contributed by atoms with Gasteiger partial charge >= 0.3 is 0 Å². The van der Waals surface area contributed by atoms with Crippen LogP contribution < -0.4 is 9.47 Å². The Bertz CT molecular complexity index is 727. The van der Waals surface area contributed by atoms with Gasteiger partial charge in [-0.3, -0.25) is 0 Å². The number of aromatic nitrogens is 1. The zero-order valence-electron chi connectivity index (χ0n) is 12.5. The molecule has 1 aromatic heterocycles. The van der Waals surface area contributed by atoms with Crippen molar-refractivity contribution in [3.8, 4) is 17.6 Å². The van der Waals surface area contributed by atoms with E-state index in [1.54, 1.807) is 14.2 Å². The van der Waals surface area contributed by atoms with Gasteiger partial charge in [-0.15, -0.1) is 0 Å². The number of hydrogen-bond donors (Lipinski definition) is 0. The Kier molecular flexibility index (Phi) is 3.13. The van der Waals surface area contributed by atoms with E-state index in [-0.39, 0.29) is 0 Å². The fourth-order valence-electron chi connectivity index (χ4n) is 3.42. The minimum atomic E-state index is -0.397. The Hall–Kier alpha value is -2.41. The monoisotopic (exact) mass is 282 g/mol. The first-order chi connectivity index (χ1) is 10.2. The third kappa shape index (κ3) is 1.81. The van der Waals surface area contributed by atoms with E-state index in [0.29, 0.717) is 6.42 Å². The smallest absolute Gasteiger partial charge is 0.124 e. The lowest BCUT2D eigenvalue weighted by Gasteiger charge is -2.37. The average Bonchev–Trinajstić information content (AvgIpc) is 2.96. The number of hydrogen-bond acceptors (Lipinski definition) is 3. The van der Waals surface area contributed by atoms with Crippen LogP contribution in [0.15, 0.2) is 30.5 Å². The maximum absolute atomic E-state index is 9.33. The Labute approximate surface area is 124 Å². The predicted molar refractivity (Wildman–Crippen MR) is 79.8 cm³/mol. The molecule has 0 radical (unpaired) electrons. The highest BCUT2D eigenvalue weighted by Crippen LogP contribution is 2.48. The number of nitrogens with zero attached hydrogens (tertiary/aromatic N) is 2. The topological polar surface area (TPSA) is 47.2 Å². The normalized spacial score (nSPS) is 19.3. The van der Waals surface area contributed by atoms with E-state index in [0.717, 1.165) is 34.9 Å². The molecule has 1 aliphatic heterocycles. The summed E-state index contributed by atoms with van der Waals surface area (Å²) in [6.07, 6.45) is 2.44. The molecular formula is C17H18N2O2. The number of methoxy groups -OCH3 is 2. The van der Waals surface area contributed by atoms with Crippen LogP contribution in [-0.4, -0.2) is 18.8 Å². The van der Waals surface area contributed by atoms with Crippen LogP contribution in [0.3, 0.4) is 0 Å². The van der Waals surface area contributed by atoms with Crippen molar-refractivity contribution in [1.29, 1.82) is 5.26 Å². The molecule has 21 heavy (non-hydrogen) atoms. The summed E-state index contributed by atoms with van der Waals surface area (Å²) in [7, 11) is 3.34. The summed E-state index contributed by atoms with van der Waals surface area (Å²) in [6.45, 7) is 2.83. The Morgan fingerprint density at radius 2 is 1.95 bits per heavy atom. The van der Waals surface area contributed by atoms with E-state index >= 15 is 0 Å². The van der Waals surface area contributed by atoms with E-state index < -0.39 is 5.41 Å². The number of rotatable bonds is 3. The molecule has 1 unspecified atom stereocenters. The van der Waals surface area contributed by atoms with E-state index in [1.165, 1.54) is 0 Å². The zero-order valence-corrected chi connectivity index (χ0v) is 12.5. The van der Waals surface area contributed by atoms with Gasteiger partial charge in [0.05, 0.1) is 33.3 Å². The van der Waals surface area contributed by atoms with Crippen molar-refractivity contribution in [2.75, 3.05) is 14.2 Å². The third-order valence-electron chi connectivity index (χ3n) is 4.38. The fraction of sp³-hybridized carbons (Fsp3) is 0.353. The van der Waals surface area contributed by atoms with Crippen LogP contribution in [0, 0.1) is 11.3 Å². The second kappa shape index (κ2) is 4.85. The summed E-state index contributed by atoms with van der Waals surface area (Å²) in [4.78, 5) is 0. The highest BCUT2D eigenvalue weighted by molar-refractivity contribution is 5.58. The summed E-state index contributed by atoms with van der Waals surface area (Å²) < 4.78 is 13.3. The second-order valence-electron chi connectivity index (χ2n) is 5.51. The first-order valence-corrected chi connectivity index (χ1v) is 6.92. The maximum Gasteiger partial charge on any atom is 0.124 e. The van der Waals surface area contributed by atoms with Crippen LogP contribution in [0.2, 0.25) is 0 Å². The molecule has 4 nitrogen and oxygen atoms in total. The van der Waals surface area contributed by atoms with Gasteiger partial charge in [-0.25, -0.2) is 0 Å². The molecule has 4 heteroatoms. The van der Waals surface area contributed by atoms with Crippen molar-refractivity contribution in [2.45, 2.75) is 25.3 Å². The van der Waals surface area contributed by atoms with Crippen molar-refractivity contribution in [2.24, 2.45) is 0 Å². The molecule has 1 aromatic carbocycles. The molecule has 0 amide bonds. The molecule has 0 saturated carbocycles.